The summed E-state index contributed by atoms with van der Waals surface area (Å²) >= 11 is 1.70. The van der Waals surface area contributed by atoms with Gasteiger partial charge in [-0.25, -0.2) is 0 Å². The fraction of sp³-hybridized carbons (Fsp3) is 0.179. The van der Waals surface area contributed by atoms with Gasteiger partial charge in [0, 0.05) is 22.7 Å². The normalized spacial score (nSPS) is 17.7. The van der Waals surface area contributed by atoms with Crippen molar-refractivity contribution in [2.75, 3.05) is 5.32 Å². The molecule has 5 rings (SSSR count). The van der Waals surface area contributed by atoms with Crippen LogP contribution in [0, 0.1) is 0 Å². The monoisotopic (exact) mass is 471 g/mol. The lowest BCUT2D eigenvalue weighted by Gasteiger charge is -2.29. The summed E-state index contributed by atoms with van der Waals surface area (Å²) in [6.07, 6.45) is 1.95. The van der Waals surface area contributed by atoms with Gasteiger partial charge in [0.25, 0.3) is 5.91 Å². The fourth-order valence-corrected chi connectivity index (χ4v) is 5.09. The molecular formula is C28H25NO4S. The second-order valence-corrected chi connectivity index (χ2v) is 9.12. The number of nitrogens with one attached hydrogen (secondary N) is 1. The third kappa shape index (κ3) is 5.04. The lowest BCUT2D eigenvalue weighted by Crippen LogP contribution is -2.29. The van der Waals surface area contributed by atoms with Crippen LogP contribution in [0.5, 0.6) is 0 Å². The minimum Gasteiger partial charge on any atom is -0.459 e. The number of hydrogen-bond acceptors (Lipinski definition) is 5. The Balaban J connectivity index is 1.38. The number of hydrogen-bond donors (Lipinski definition) is 2. The minimum absolute atomic E-state index is 0.00777. The summed E-state index contributed by atoms with van der Waals surface area (Å²) in [7, 11) is 0. The predicted molar refractivity (Wildman–Crippen MR) is 134 cm³/mol. The number of amides is 1. The first kappa shape index (κ1) is 22.3. The third-order valence-corrected chi connectivity index (χ3v) is 6.85. The van der Waals surface area contributed by atoms with E-state index in [1.807, 2.05) is 72.8 Å². The quantitative estimate of drug-likeness (QED) is 0.349. The number of fused-ring (bicyclic) bond motifs is 1. The van der Waals surface area contributed by atoms with Gasteiger partial charge in [-0.05, 0) is 51.7 Å². The van der Waals surface area contributed by atoms with E-state index in [-0.39, 0.29) is 24.2 Å². The summed E-state index contributed by atoms with van der Waals surface area (Å²) in [5.74, 6) is -0.0458. The number of ether oxygens (including phenoxy) is 2. The van der Waals surface area contributed by atoms with Gasteiger partial charge in [0.05, 0.1) is 13.2 Å². The van der Waals surface area contributed by atoms with Crippen LogP contribution in [0.15, 0.2) is 96.1 Å². The number of benzene rings is 3. The Morgan fingerprint density at radius 1 is 1.00 bits per heavy atom. The van der Waals surface area contributed by atoms with Crippen molar-refractivity contribution >= 4 is 33.0 Å². The molecule has 1 aliphatic rings. The smallest absolute Gasteiger partial charge is 0.290 e. The van der Waals surface area contributed by atoms with Gasteiger partial charge in [0.2, 0.25) is 6.29 Å². The fourth-order valence-electron chi connectivity index (χ4n) is 4.06. The van der Waals surface area contributed by atoms with Gasteiger partial charge >= 0.3 is 0 Å². The Morgan fingerprint density at radius 3 is 2.53 bits per heavy atom. The van der Waals surface area contributed by atoms with Crippen LogP contribution in [0.25, 0.3) is 10.1 Å². The number of rotatable bonds is 7. The molecule has 0 fully saturated rings. The van der Waals surface area contributed by atoms with Crippen LogP contribution < -0.4 is 5.32 Å². The van der Waals surface area contributed by atoms with E-state index in [0.29, 0.717) is 18.7 Å². The zero-order chi connectivity index (χ0) is 23.3. The van der Waals surface area contributed by atoms with Gasteiger partial charge in [0.1, 0.15) is 0 Å². The first-order valence-electron chi connectivity index (χ1n) is 11.2. The Morgan fingerprint density at radius 2 is 1.74 bits per heavy atom. The van der Waals surface area contributed by atoms with Crippen LogP contribution in [-0.4, -0.2) is 17.3 Å². The lowest BCUT2D eigenvalue weighted by atomic mass is 9.92. The largest absolute Gasteiger partial charge is 0.459 e. The maximum absolute atomic E-state index is 13.1. The number of allylic oxidation sites excluding steroid dienone is 1. The summed E-state index contributed by atoms with van der Waals surface area (Å²) in [5.41, 5.74) is 3.71. The SMILES string of the molecule is O=C(Nc1ccccc1)C1=C[C@@H](c2csc3ccccc23)C[C@@H](OCc2ccc(CO)cc2)O1. The number of anilines is 1. The molecule has 0 saturated heterocycles. The molecule has 0 aliphatic carbocycles. The summed E-state index contributed by atoms with van der Waals surface area (Å²) in [4.78, 5) is 13.1. The van der Waals surface area contributed by atoms with E-state index in [4.69, 9.17) is 9.47 Å². The van der Waals surface area contributed by atoms with Gasteiger partial charge in [-0.1, -0.05) is 60.7 Å². The highest BCUT2D eigenvalue weighted by atomic mass is 32.1. The van der Waals surface area contributed by atoms with E-state index in [0.717, 1.165) is 11.1 Å². The van der Waals surface area contributed by atoms with Gasteiger partial charge in [-0.3, -0.25) is 4.79 Å². The molecule has 2 atom stereocenters. The van der Waals surface area contributed by atoms with E-state index in [2.05, 4.69) is 22.8 Å². The van der Waals surface area contributed by atoms with Gasteiger partial charge in [-0.2, -0.15) is 0 Å². The number of para-hydroxylation sites is 1. The van der Waals surface area contributed by atoms with Crippen molar-refractivity contribution in [3.63, 3.8) is 0 Å². The number of thiophene rings is 1. The molecule has 0 saturated carbocycles. The molecule has 6 heteroatoms. The summed E-state index contributed by atoms with van der Waals surface area (Å²) in [6.45, 7) is 0.356. The predicted octanol–water partition coefficient (Wildman–Crippen LogP) is 5.96. The third-order valence-electron chi connectivity index (χ3n) is 5.86. The molecule has 3 aromatic carbocycles. The van der Waals surface area contributed by atoms with E-state index in [1.165, 1.54) is 15.6 Å². The second kappa shape index (κ2) is 10.2. The van der Waals surface area contributed by atoms with Crippen LogP contribution in [0.1, 0.15) is 29.0 Å². The van der Waals surface area contributed by atoms with E-state index < -0.39 is 6.29 Å². The van der Waals surface area contributed by atoms with Crippen LogP contribution in [0.2, 0.25) is 0 Å². The van der Waals surface area contributed by atoms with Crippen LogP contribution >= 0.6 is 11.3 Å². The topological polar surface area (TPSA) is 67.8 Å². The van der Waals surface area contributed by atoms with Crippen molar-refractivity contribution in [1.29, 1.82) is 0 Å². The summed E-state index contributed by atoms with van der Waals surface area (Å²) < 4.78 is 13.3. The maximum Gasteiger partial charge on any atom is 0.290 e. The lowest BCUT2D eigenvalue weighted by molar-refractivity contribution is -0.147. The molecule has 0 radical (unpaired) electrons. The van der Waals surface area contributed by atoms with E-state index >= 15 is 0 Å². The zero-order valence-electron chi connectivity index (χ0n) is 18.5. The van der Waals surface area contributed by atoms with Crippen molar-refractivity contribution in [1.82, 2.24) is 0 Å². The number of aliphatic hydroxyl groups excluding tert-OH is 1. The zero-order valence-corrected chi connectivity index (χ0v) is 19.3. The number of carbonyl (C=O) groups is 1. The molecule has 0 unspecified atom stereocenters. The Hall–Kier alpha value is -3.45. The molecule has 2 N–H and O–H groups in total. The van der Waals surface area contributed by atoms with E-state index in [1.54, 1.807) is 11.3 Å². The Labute approximate surface area is 202 Å². The molecule has 1 amide bonds. The van der Waals surface area contributed by atoms with Gasteiger partial charge < -0.3 is 19.9 Å². The van der Waals surface area contributed by atoms with Crippen LogP contribution in [0.4, 0.5) is 5.69 Å². The Kier molecular flexibility index (Phi) is 6.72. The molecule has 34 heavy (non-hydrogen) atoms. The summed E-state index contributed by atoms with van der Waals surface area (Å²) in [5, 5.41) is 15.5. The van der Waals surface area contributed by atoms with Crippen molar-refractivity contribution in [3.8, 4) is 0 Å². The highest BCUT2D eigenvalue weighted by Crippen LogP contribution is 2.38. The highest BCUT2D eigenvalue weighted by molar-refractivity contribution is 7.17. The highest BCUT2D eigenvalue weighted by Gasteiger charge is 2.30. The van der Waals surface area contributed by atoms with Crippen LogP contribution in [-0.2, 0) is 27.5 Å². The van der Waals surface area contributed by atoms with Crippen molar-refractivity contribution in [2.45, 2.75) is 31.8 Å². The average Bonchev–Trinajstić information content (AvgIpc) is 3.32. The standard InChI is InChI=1S/C28H25NO4S/c30-16-19-10-12-20(13-11-19)17-32-27-15-21(24-18-34-26-9-5-4-8-23(24)26)14-25(33-27)28(31)29-22-6-2-1-3-7-22/h1-14,18,21,27,30H,15-17H2,(H,29,31)/t21-,27+/m1/s1. The molecule has 2 heterocycles. The first-order valence-corrected chi connectivity index (χ1v) is 12.1. The first-order chi connectivity index (χ1) is 16.7. The minimum atomic E-state index is -0.567. The van der Waals surface area contributed by atoms with Crippen molar-refractivity contribution < 1.29 is 19.4 Å². The average molecular weight is 472 g/mol. The molecule has 0 spiro atoms. The van der Waals surface area contributed by atoms with Gasteiger partial charge in [-0.15, -0.1) is 11.3 Å². The van der Waals surface area contributed by atoms with Gasteiger partial charge in [0.15, 0.2) is 5.76 Å². The summed E-state index contributed by atoms with van der Waals surface area (Å²) in [6, 6.07) is 25.2. The maximum atomic E-state index is 13.1. The molecule has 4 aromatic rings. The molecule has 172 valence electrons. The molecule has 0 bridgehead atoms. The Bertz CT molecular complexity index is 1300. The van der Waals surface area contributed by atoms with Crippen molar-refractivity contribution in [3.05, 3.63) is 113 Å². The van der Waals surface area contributed by atoms with Crippen molar-refractivity contribution in [2.24, 2.45) is 0 Å². The molecule has 1 aliphatic heterocycles. The molecule has 1 aromatic heterocycles. The molecule has 5 nitrogen and oxygen atoms in total. The van der Waals surface area contributed by atoms with Crippen LogP contribution in [0.3, 0.4) is 0 Å². The number of carbonyl (C=O) groups excluding carboxylic acids is 1. The second-order valence-electron chi connectivity index (χ2n) is 8.21. The number of aliphatic hydroxyl groups is 1. The molecular weight excluding hydrogens is 446 g/mol. The van der Waals surface area contributed by atoms with E-state index in [9.17, 15) is 9.90 Å².